The number of rotatable bonds is 2. The van der Waals surface area contributed by atoms with E-state index in [0.717, 1.165) is 11.8 Å². The highest BCUT2D eigenvalue weighted by molar-refractivity contribution is 9.11. The Bertz CT molecular complexity index is 183. The summed E-state index contributed by atoms with van der Waals surface area (Å²) < 4.78 is 1.27. The number of hydrogen-bond donors (Lipinski definition) is 0. The molecule has 0 aliphatic heterocycles. The summed E-state index contributed by atoms with van der Waals surface area (Å²) in [6, 6.07) is 2.15. The Labute approximate surface area is 75.5 Å². The second kappa shape index (κ2) is 3.74. The van der Waals surface area contributed by atoms with Gasteiger partial charge in [0.25, 0.3) is 0 Å². The predicted molar refractivity (Wildman–Crippen MR) is 49.5 cm³/mol. The lowest BCUT2D eigenvalue weighted by molar-refractivity contribution is 1.18. The van der Waals surface area contributed by atoms with Gasteiger partial charge in [-0.05, 0) is 39.4 Å². The normalized spacial score (nSPS) is 10.0. The summed E-state index contributed by atoms with van der Waals surface area (Å²) in [7, 11) is 0. The molecule has 3 heteroatoms. The SMILES string of the molecule is BrCCc1ccsc1Br. The van der Waals surface area contributed by atoms with Crippen LogP contribution in [0, 0.1) is 0 Å². The van der Waals surface area contributed by atoms with E-state index in [9.17, 15) is 0 Å². The maximum atomic E-state index is 3.46. The van der Waals surface area contributed by atoms with Gasteiger partial charge in [-0.15, -0.1) is 11.3 Å². The van der Waals surface area contributed by atoms with Crippen molar-refractivity contribution in [1.82, 2.24) is 0 Å². The van der Waals surface area contributed by atoms with E-state index in [1.165, 1.54) is 9.35 Å². The van der Waals surface area contributed by atoms with Crippen molar-refractivity contribution in [2.75, 3.05) is 5.33 Å². The Balaban J connectivity index is 2.69. The molecule has 0 aliphatic rings. The maximum Gasteiger partial charge on any atom is 0.0730 e. The molecule has 0 amide bonds. The number of halogens is 2. The zero-order valence-corrected chi connectivity index (χ0v) is 8.72. The molecule has 0 nitrogen and oxygen atoms in total. The zero-order chi connectivity index (χ0) is 6.69. The minimum atomic E-state index is 1.04. The van der Waals surface area contributed by atoms with Crippen molar-refractivity contribution in [3.05, 3.63) is 20.8 Å². The minimum absolute atomic E-state index is 1.04. The lowest BCUT2D eigenvalue weighted by Gasteiger charge is -1.90. The lowest BCUT2D eigenvalue weighted by atomic mass is 10.3. The first kappa shape index (κ1) is 7.76. The van der Waals surface area contributed by atoms with Crippen molar-refractivity contribution in [2.45, 2.75) is 6.42 Å². The van der Waals surface area contributed by atoms with Gasteiger partial charge in [0, 0.05) is 5.33 Å². The quantitative estimate of drug-likeness (QED) is 0.722. The highest BCUT2D eigenvalue weighted by Crippen LogP contribution is 2.23. The first-order chi connectivity index (χ1) is 4.34. The molecule has 0 fully saturated rings. The van der Waals surface area contributed by atoms with Crippen LogP contribution in [0.4, 0.5) is 0 Å². The van der Waals surface area contributed by atoms with E-state index < -0.39 is 0 Å². The van der Waals surface area contributed by atoms with Crippen molar-refractivity contribution in [1.29, 1.82) is 0 Å². The van der Waals surface area contributed by atoms with Crippen molar-refractivity contribution in [2.24, 2.45) is 0 Å². The highest BCUT2D eigenvalue weighted by Gasteiger charge is 1.97. The molecule has 0 aliphatic carbocycles. The first-order valence-electron chi connectivity index (χ1n) is 2.62. The Morgan fingerprint density at radius 1 is 1.56 bits per heavy atom. The molecule has 0 saturated heterocycles. The Hall–Kier alpha value is 0.660. The van der Waals surface area contributed by atoms with E-state index in [-0.39, 0.29) is 0 Å². The zero-order valence-electron chi connectivity index (χ0n) is 4.73. The van der Waals surface area contributed by atoms with Crippen LogP contribution in [0.3, 0.4) is 0 Å². The molecule has 9 heavy (non-hydrogen) atoms. The standard InChI is InChI=1S/C6H6Br2S/c7-3-1-5-2-4-9-6(5)8/h2,4H,1,3H2. The molecule has 0 unspecified atom stereocenters. The molecule has 0 spiro atoms. The molecule has 1 aromatic rings. The average molecular weight is 270 g/mol. The van der Waals surface area contributed by atoms with Gasteiger partial charge in [0.05, 0.1) is 3.79 Å². The summed E-state index contributed by atoms with van der Waals surface area (Å²) in [4.78, 5) is 0. The van der Waals surface area contributed by atoms with Gasteiger partial charge in [-0.25, -0.2) is 0 Å². The van der Waals surface area contributed by atoms with E-state index in [0.29, 0.717) is 0 Å². The third-order valence-electron chi connectivity index (χ3n) is 1.06. The third-order valence-corrected chi connectivity index (χ3v) is 3.26. The molecular weight excluding hydrogens is 264 g/mol. The molecule has 0 saturated carbocycles. The summed E-state index contributed by atoms with van der Waals surface area (Å²) in [5.41, 5.74) is 1.40. The van der Waals surface area contributed by atoms with Gasteiger partial charge >= 0.3 is 0 Å². The fourth-order valence-electron chi connectivity index (χ4n) is 0.601. The van der Waals surface area contributed by atoms with Gasteiger partial charge in [0.1, 0.15) is 0 Å². The second-order valence-corrected chi connectivity index (χ2v) is 4.69. The third kappa shape index (κ3) is 2.06. The second-order valence-electron chi connectivity index (χ2n) is 1.66. The lowest BCUT2D eigenvalue weighted by Crippen LogP contribution is -1.80. The summed E-state index contributed by atoms with van der Waals surface area (Å²) in [6.07, 6.45) is 1.12. The summed E-state index contributed by atoms with van der Waals surface area (Å²) in [5.74, 6) is 0. The summed E-state index contributed by atoms with van der Waals surface area (Å²) in [5, 5.41) is 3.14. The number of hydrogen-bond acceptors (Lipinski definition) is 1. The summed E-state index contributed by atoms with van der Waals surface area (Å²) >= 11 is 8.59. The van der Waals surface area contributed by atoms with Gasteiger partial charge in [0.2, 0.25) is 0 Å². The fraction of sp³-hybridized carbons (Fsp3) is 0.333. The highest BCUT2D eigenvalue weighted by atomic mass is 79.9. The van der Waals surface area contributed by atoms with Crippen LogP contribution in [0.15, 0.2) is 15.2 Å². The largest absolute Gasteiger partial charge is 0.137 e. The molecule has 0 radical (unpaired) electrons. The van der Waals surface area contributed by atoms with Crippen molar-refractivity contribution < 1.29 is 0 Å². The van der Waals surface area contributed by atoms with Crippen LogP contribution in [0.25, 0.3) is 0 Å². The van der Waals surface area contributed by atoms with Crippen LogP contribution < -0.4 is 0 Å². The molecule has 0 N–H and O–H groups in total. The topological polar surface area (TPSA) is 0 Å². The smallest absolute Gasteiger partial charge is 0.0730 e. The van der Waals surface area contributed by atoms with Crippen LogP contribution in [0.1, 0.15) is 5.56 Å². The molecular formula is C6H6Br2S. The van der Waals surface area contributed by atoms with E-state index in [2.05, 4.69) is 43.3 Å². The molecule has 1 heterocycles. The Morgan fingerprint density at radius 2 is 2.33 bits per heavy atom. The monoisotopic (exact) mass is 268 g/mol. The van der Waals surface area contributed by atoms with Crippen LogP contribution in [0.5, 0.6) is 0 Å². The van der Waals surface area contributed by atoms with Crippen molar-refractivity contribution in [3.8, 4) is 0 Å². The molecule has 50 valence electrons. The van der Waals surface area contributed by atoms with Gasteiger partial charge in [-0.3, -0.25) is 0 Å². The van der Waals surface area contributed by atoms with Crippen molar-refractivity contribution >= 4 is 43.2 Å². The van der Waals surface area contributed by atoms with Crippen LogP contribution >= 0.6 is 43.2 Å². The Kier molecular flexibility index (Phi) is 3.22. The molecule has 0 aromatic carbocycles. The van der Waals surface area contributed by atoms with Crippen molar-refractivity contribution in [3.63, 3.8) is 0 Å². The molecule has 0 atom stereocenters. The van der Waals surface area contributed by atoms with Crippen LogP contribution in [-0.4, -0.2) is 5.33 Å². The summed E-state index contributed by atoms with van der Waals surface area (Å²) in [6.45, 7) is 0. The molecule has 0 bridgehead atoms. The van der Waals surface area contributed by atoms with E-state index in [1.807, 2.05) is 0 Å². The van der Waals surface area contributed by atoms with Crippen LogP contribution in [0.2, 0.25) is 0 Å². The van der Waals surface area contributed by atoms with Gasteiger partial charge in [-0.2, -0.15) is 0 Å². The van der Waals surface area contributed by atoms with E-state index in [1.54, 1.807) is 11.3 Å². The number of alkyl halides is 1. The van der Waals surface area contributed by atoms with E-state index >= 15 is 0 Å². The number of aryl methyl sites for hydroxylation is 1. The minimum Gasteiger partial charge on any atom is -0.137 e. The first-order valence-corrected chi connectivity index (χ1v) is 5.42. The van der Waals surface area contributed by atoms with Gasteiger partial charge in [0.15, 0.2) is 0 Å². The average Bonchev–Trinajstić information content (AvgIpc) is 2.18. The van der Waals surface area contributed by atoms with E-state index in [4.69, 9.17) is 0 Å². The van der Waals surface area contributed by atoms with Gasteiger partial charge < -0.3 is 0 Å². The Morgan fingerprint density at radius 3 is 2.78 bits per heavy atom. The molecule has 1 rings (SSSR count). The van der Waals surface area contributed by atoms with Gasteiger partial charge in [-0.1, -0.05) is 15.9 Å². The van der Waals surface area contributed by atoms with Crippen LogP contribution in [-0.2, 0) is 6.42 Å². The molecule has 1 aromatic heterocycles. The maximum absolute atomic E-state index is 3.46. The fourth-order valence-corrected chi connectivity index (χ4v) is 2.36. The number of thiophene rings is 1. The predicted octanol–water partition coefficient (Wildman–Crippen LogP) is 3.45.